The molecule has 0 bridgehead atoms. The highest BCUT2D eigenvalue weighted by molar-refractivity contribution is 7.91. The molecule has 2 N–H and O–H groups in total. The van der Waals surface area contributed by atoms with E-state index in [9.17, 15) is 13.2 Å². The van der Waals surface area contributed by atoms with Crippen molar-refractivity contribution in [3.63, 3.8) is 0 Å². The van der Waals surface area contributed by atoms with Crippen molar-refractivity contribution in [1.29, 1.82) is 0 Å². The molecule has 1 atom stereocenters. The maximum Gasteiger partial charge on any atom is 0.320 e. The van der Waals surface area contributed by atoms with Crippen LogP contribution < -0.4 is 5.32 Å². The van der Waals surface area contributed by atoms with Gasteiger partial charge in [0, 0.05) is 0 Å². The maximum atomic E-state index is 10.8. The van der Waals surface area contributed by atoms with E-state index in [2.05, 4.69) is 5.32 Å². The highest BCUT2D eigenvalue weighted by atomic mass is 32.2. The summed E-state index contributed by atoms with van der Waals surface area (Å²) in [7, 11) is -3.02. The largest absolute Gasteiger partial charge is 0.480 e. The molecule has 1 unspecified atom stereocenters. The first-order valence-corrected chi connectivity index (χ1v) is 5.00. The second-order valence-electron chi connectivity index (χ2n) is 2.48. The Morgan fingerprint density at radius 3 is 2.55 bits per heavy atom. The van der Waals surface area contributed by atoms with Crippen LogP contribution in [0.25, 0.3) is 0 Å². The van der Waals surface area contributed by atoms with Crippen LogP contribution in [-0.4, -0.2) is 37.2 Å². The predicted octanol–water partition coefficient (Wildman–Crippen LogP) is -1.19. The first-order chi connectivity index (χ1) is 5.01. The zero-order chi connectivity index (χ0) is 8.48. The van der Waals surface area contributed by atoms with Crippen molar-refractivity contribution in [3.8, 4) is 0 Å². The second-order valence-corrected chi connectivity index (χ2v) is 4.66. The molecule has 0 aromatic carbocycles. The zero-order valence-corrected chi connectivity index (χ0v) is 6.60. The number of rotatable bonds is 1. The van der Waals surface area contributed by atoms with Gasteiger partial charge in [-0.05, 0) is 6.42 Å². The first kappa shape index (κ1) is 8.48. The molecule has 0 radical (unpaired) electrons. The van der Waals surface area contributed by atoms with Crippen molar-refractivity contribution in [3.05, 3.63) is 0 Å². The van der Waals surface area contributed by atoms with Gasteiger partial charge < -0.3 is 5.11 Å². The van der Waals surface area contributed by atoms with Crippen LogP contribution in [0.15, 0.2) is 0 Å². The zero-order valence-electron chi connectivity index (χ0n) is 5.78. The summed E-state index contributed by atoms with van der Waals surface area (Å²) in [5.74, 6) is -1.24. The van der Waals surface area contributed by atoms with Crippen molar-refractivity contribution < 1.29 is 18.3 Å². The molecule has 0 aliphatic carbocycles. The molecule has 1 aliphatic rings. The third-order valence-corrected chi connectivity index (χ3v) is 3.03. The number of carboxylic acid groups (broad SMARTS) is 1. The van der Waals surface area contributed by atoms with Crippen molar-refractivity contribution in [2.24, 2.45) is 0 Å². The summed E-state index contributed by atoms with van der Waals surface area (Å²) in [4.78, 5) is 10.3. The fraction of sp³-hybridized carbons (Fsp3) is 0.800. The third-order valence-electron chi connectivity index (χ3n) is 1.57. The van der Waals surface area contributed by atoms with Crippen LogP contribution in [0.3, 0.4) is 0 Å². The lowest BCUT2D eigenvalue weighted by Gasteiger charge is -2.19. The van der Waals surface area contributed by atoms with E-state index in [1.807, 2.05) is 0 Å². The van der Waals surface area contributed by atoms with Gasteiger partial charge in [-0.3, -0.25) is 10.1 Å². The summed E-state index contributed by atoms with van der Waals surface area (Å²) in [6.45, 7) is 0. The summed E-state index contributed by atoms with van der Waals surface area (Å²) >= 11 is 0. The minimum Gasteiger partial charge on any atom is -0.480 e. The number of sulfone groups is 1. The highest BCUT2D eigenvalue weighted by Crippen LogP contribution is 2.04. The van der Waals surface area contributed by atoms with Gasteiger partial charge in [0.1, 0.15) is 6.04 Å². The van der Waals surface area contributed by atoms with E-state index in [1.165, 1.54) is 0 Å². The quantitative estimate of drug-likeness (QED) is 0.528. The number of carboxylic acids is 1. The van der Waals surface area contributed by atoms with E-state index in [0.717, 1.165) is 0 Å². The minimum atomic E-state index is -3.02. The molecule has 1 saturated heterocycles. The summed E-state index contributed by atoms with van der Waals surface area (Å²) in [5, 5.41) is 10.9. The molecular formula is C5H9NO4S. The van der Waals surface area contributed by atoms with Gasteiger partial charge in [0.15, 0.2) is 9.84 Å². The summed E-state index contributed by atoms with van der Waals surface area (Å²) < 4.78 is 21.5. The van der Waals surface area contributed by atoms with Gasteiger partial charge in [0.05, 0.1) is 11.6 Å². The molecule has 64 valence electrons. The Kier molecular flexibility index (Phi) is 2.15. The molecule has 0 saturated carbocycles. The Balaban J connectivity index is 2.56. The molecule has 1 rings (SSSR count). The smallest absolute Gasteiger partial charge is 0.320 e. The summed E-state index contributed by atoms with van der Waals surface area (Å²) in [5.41, 5.74) is 0. The Morgan fingerprint density at radius 1 is 1.55 bits per heavy atom. The fourth-order valence-corrected chi connectivity index (χ4v) is 2.10. The molecule has 0 amide bonds. The summed E-state index contributed by atoms with van der Waals surface area (Å²) in [6.07, 6.45) is 0.164. The fourth-order valence-electron chi connectivity index (χ4n) is 0.910. The van der Waals surface area contributed by atoms with Gasteiger partial charge in [-0.2, -0.15) is 0 Å². The number of aliphatic carboxylic acids is 1. The topological polar surface area (TPSA) is 83.5 Å². The first-order valence-electron chi connectivity index (χ1n) is 3.18. The molecule has 6 heteroatoms. The van der Waals surface area contributed by atoms with Crippen LogP contribution >= 0.6 is 0 Å². The van der Waals surface area contributed by atoms with Crippen LogP contribution in [0.2, 0.25) is 0 Å². The lowest BCUT2D eigenvalue weighted by atomic mass is 10.2. The van der Waals surface area contributed by atoms with E-state index in [4.69, 9.17) is 5.11 Å². The van der Waals surface area contributed by atoms with E-state index >= 15 is 0 Å². The van der Waals surface area contributed by atoms with Gasteiger partial charge in [-0.1, -0.05) is 0 Å². The lowest BCUT2D eigenvalue weighted by Crippen LogP contribution is -2.45. The predicted molar refractivity (Wildman–Crippen MR) is 37.8 cm³/mol. The van der Waals surface area contributed by atoms with E-state index in [0.29, 0.717) is 0 Å². The maximum absolute atomic E-state index is 10.8. The molecule has 0 aromatic rings. The number of hydrogen-bond donors (Lipinski definition) is 2. The van der Waals surface area contributed by atoms with Crippen molar-refractivity contribution in [2.45, 2.75) is 12.5 Å². The monoisotopic (exact) mass is 179 g/mol. The van der Waals surface area contributed by atoms with Gasteiger partial charge in [-0.15, -0.1) is 0 Å². The molecule has 1 fully saturated rings. The number of hydrogen-bond acceptors (Lipinski definition) is 4. The van der Waals surface area contributed by atoms with Crippen molar-refractivity contribution >= 4 is 15.8 Å². The van der Waals surface area contributed by atoms with Crippen LogP contribution in [-0.2, 0) is 14.6 Å². The Labute approximate surface area is 64.3 Å². The Morgan fingerprint density at radius 2 is 2.18 bits per heavy atom. The standard InChI is InChI=1S/C5H9NO4S/c7-5(8)4-1-2-11(9,10)3-6-4/h4,6H,1-3H2,(H,7,8). The molecule has 1 heterocycles. The number of carbonyl (C=O) groups is 1. The molecular weight excluding hydrogens is 170 g/mol. The molecule has 5 nitrogen and oxygen atoms in total. The molecule has 11 heavy (non-hydrogen) atoms. The van der Waals surface area contributed by atoms with Gasteiger partial charge in [0.25, 0.3) is 0 Å². The lowest BCUT2D eigenvalue weighted by molar-refractivity contribution is -0.139. The van der Waals surface area contributed by atoms with Crippen LogP contribution in [0.4, 0.5) is 0 Å². The average molecular weight is 179 g/mol. The third kappa shape index (κ3) is 2.16. The second kappa shape index (κ2) is 2.78. The van der Waals surface area contributed by atoms with Crippen molar-refractivity contribution in [2.75, 3.05) is 11.6 Å². The van der Waals surface area contributed by atoms with Crippen LogP contribution in [0.1, 0.15) is 6.42 Å². The minimum absolute atomic E-state index is 0.0308. The van der Waals surface area contributed by atoms with Crippen molar-refractivity contribution in [1.82, 2.24) is 5.32 Å². The number of nitrogens with one attached hydrogen (secondary N) is 1. The Hall–Kier alpha value is -0.620. The highest BCUT2D eigenvalue weighted by Gasteiger charge is 2.26. The molecule has 1 aliphatic heterocycles. The summed E-state index contributed by atoms with van der Waals surface area (Å²) in [6, 6.07) is -0.696. The van der Waals surface area contributed by atoms with E-state index in [-0.39, 0.29) is 18.1 Å². The van der Waals surface area contributed by atoms with E-state index in [1.54, 1.807) is 0 Å². The average Bonchev–Trinajstić information content (AvgIpc) is 1.86. The van der Waals surface area contributed by atoms with E-state index < -0.39 is 21.8 Å². The Bertz CT molecular complexity index is 244. The normalized spacial score (nSPS) is 29.6. The van der Waals surface area contributed by atoms with Crippen LogP contribution in [0.5, 0.6) is 0 Å². The molecule has 0 aromatic heterocycles. The van der Waals surface area contributed by atoms with Crippen LogP contribution in [0, 0.1) is 0 Å². The van der Waals surface area contributed by atoms with Gasteiger partial charge >= 0.3 is 5.97 Å². The molecule has 0 spiro atoms. The van der Waals surface area contributed by atoms with Gasteiger partial charge in [0.2, 0.25) is 0 Å². The SMILES string of the molecule is O=C(O)C1CCS(=O)(=O)CN1. The van der Waals surface area contributed by atoms with Gasteiger partial charge in [-0.25, -0.2) is 8.42 Å².